The molecule has 0 radical (unpaired) electrons. The normalized spacial score (nSPS) is 28.3. The lowest BCUT2D eigenvalue weighted by Crippen LogP contribution is -2.41. The number of morpholine rings is 1. The predicted octanol–water partition coefficient (Wildman–Crippen LogP) is 0.685. The van der Waals surface area contributed by atoms with Crippen LogP contribution in [-0.2, 0) is 9.47 Å². The van der Waals surface area contributed by atoms with Crippen molar-refractivity contribution >= 4 is 0 Å². The van der Waals surface area contributed by atoms with Gasteiger partial charge in [-0.2, -0.15) is 5.26 Å². The van der Waals surface area contributed by atoms with Gasteiger partial charge in [0.15, 0.2) is 0 Å². The molecule has 1 saturated heterocycles. The van der Waals surface area contributed by atoms with Crippen molar-refractivity contribution in [3.63, 3.8) is 0 Å². The highest BCUT2D eigenvalue weighted by Gasteiger charge is 2.42. The van der Waals surface area contributed by atoms with Gasteiger partial charge in [0, 0.05) is 24.9 Å². The molecule has 2 rings (SSSR count). The Morgan fingerprint density at radius 3 is 3.00 bits per heavy atom. The highest BCUT2D eigenvalue weighted by Crippen LogP contribution is 2.48. The van der Waals surface area contributed by atoms with Crippen molar-refractivity contribution in [1.82, 2.24) is 5.32 Å². The largest absolute Gasteiger partial charge is 0.378 e. The molecule has 2 fully saturated rings. The van der Waals surface area contributed by atoms with Crippen molar-refractivity contribution in [2.45, 2.75) is 25.4 Å². The number of ether oxygens (including phenoxy) is 2. The minimum Gasteiger partial charge on any atom is -0.378 e. The third-order valence-electron chi connectivity index (χ3n) is 3.13. The summed E-state index contributed by atoms with van der Waals surface area (Å²) in [5.74, 6) is 0. The van der Waals surface area contributed by atoms with Crippen LogP contribution in [-0.4, -0.2) is 39.0 Å². The molecule has 1 N–H and O–H groups in total. The molecule has 15 heavy (non-hydrogen) atoms. The number of hydrogen-bond donors (Lipinski definition) is 1. The Morgan fingerprint density at radius 1 is 1.53 bits per heavy atom. The first kappa shape index (κ1) is 10.9. The zero-order valence-electron chi connectivity index (χ0n) is 9.00. The van der Waals surface area contributed by atoms with Gasteiger partial charge in [-0.25, -0.2) is 0 Å². The summed E-state index contributed by atoms with van der Waals surface area (Å²) in [6, 6.07) is 2.24. The SMILES string of the molecule is N#CCC1(COCC2CNCCO2)CC1. The molecule has 0 bridgehead atoms. The molecular weight excluding hydrogens is 192 g/mol. The van der Waals surface area contributed by atoms with Crippen molar-refractivity contribution in [2.75, 3.05) is 32.9 Å². The lowest BCUT2D eigenvalue weighted by Gasteiger charge is -2.24. The van der Waals surface area contributed by atoms with E-state index in [0.29, 0.717) is 13.0 Å². The van der Waals surface area contributed by atoms with E-state index in [2.05, 4.69) is 11.4 Å². The number of nitrogens with one attached hydrogen (secondary N) is 1. The van der Waals surface area contributed by atoms with E-state index in [-0.39, 0.29) is 11.5 Å². The van der Waals surface area contributed by atoms with E-state index >= 15 is 0 Å². The van der Waals surface area contributed by atoms with Gasteiger partial charge in [0.25, 0.3) is 0 Å². The van der Waals surface area contributed by atoms with Crippen LogP contribution in [0.15, 0.2) is 0 Å². The molecule has 0 aromatic rings. The molecule has 84 valence electrons. The molecule has 1 unspecified atom stereocenters. The van der Waals surface area contributed by atoms with Crippen molar-refractivity contribution in [3.8, 4) is 6.07 Å². The minimum absolute atomic E-state index is 0.191. The molecule has 1 atom stereocenters. The minimum atomic E-state index is 0.191. The molecule has 4 heteroatoms. The molecule has 0 amide bonds. The molecule has 1 saturated carbocycles. The lowest BCUT2D eigenvalue weighted by atomic mass is 10.1. The molecule has 1 aliphatic heterocycles. The van der Waals surface area contributed by atoms with Crippen LogP contribution < -0.4 is 5.32 Å². The van der Waals surface area contributed by atoms with Crippen LogP contribution in [0.25, 0.3) is 0 Å². The maximum atomic E-state index is 8.65. The quantitative estimate of drug-likeness (QED) is 0.725. The summed E-state index contributed by atoms with van der Waals surface area (Å²) < 4.78 is 11.2. The average Bonchev–Trinajstić information content (AvgIpc) is 3.00. The van der Waals surface area contributed by atoms with E-state index < -0.39 is 0 Å². The van der Waals surface area contributed by atoms with Crippen molar-refractivity contribution in [1.29, 1.82) is 5.26 Å². The van der Waals surface area contributed by atoms with Gasteiger partial charge in [-0.15, -0.1) is 0 Å². The summed E-state index contributed by atoms with van der Waals surface area (Å²) in [5, 5.41) is 11.9. The number of hydrogen-bond acceptors (Lipinski definition) is 4. The van der Waals surface area contributed by atoms with Crippen LogP contribution in [0.1, 0.15) is 19.3 Å². The molecule has 0 aromatic heterocycles. The maximum Gasteiger partial charge on any atom is 0.0933 e. The van der Waals surface area contributed by atoms with Crippen LogP contribution in [0.3, 0.4) is 0 Å². The van der Waals surface area contributed by atoms with Crippen LogP contribution in [0.4, 0.5) is 0 Å². The number of rotatable bonds is 5. The maximum absolute atomic E-state index is 8.65. The predicted molar refractivity (Wildman–Crippen MR) is 55.3 cm³/mol. The van der Waals surface area contributed by atoms with Crippen LogP contribution in [0, 0.1) is 16.7 Å². The van der Waals surface area contributed by atoms with Gasteiger partial charge in [0.2, 0.25) is 0 Å². The van der Waals surface area contributed by atoms with E-state index in [1.54, 1.807) is 0 Å². The number of nitriles is 1. The van der Waals surface area contributed by atoms with Gasteiger partial charge < -0.3 is 14.8 Å². The Bertz CT molecular complexity index is 239. The zero-order chi connectivity index (χ0) is 10.6. The number of nitrogens with zero attached hydrogens (tertiary/aromatic N) is 1. The fraction of sp³-hybridized carbons (Fsp3) is 0.909. The van der Waals surface area contributed by atoms with E-state index in [1.807, 2.05) is 0 Å². The van der Waals surface area contributed by atoms with Gasteiger partial charge in [-0.3, -0.25) is 0 Å². The Kier molecular flexibility index (Phi) is 3.57. The standard InChI is InChI=1S/C11H18N2O2/c12-4-3-11(1-2-11)9-14-8-10-7-13-5-6-15-10/h10,13H,1-3,5-9H2. The summed E-state index contributed by atoms with van der Waals surface area (Å²) in [5.41, 5.74) is 0.191. The Balaban J connectivity index is 1.60. The molecule has 1 aliphatic carbocycles. The molecule has 4 nitrogen and oxygen atoms in total. The van der Waals surface area contributed by atoms with Gasteiger partial charge >= 0.3 is 0 Å². The van der Waals surface area contributed by atoms with E-state index in [4.69, 9.17) is 14.7 Å². The molecule has 0 spiro atoms. The Hall–Kier alpha value is -0.630. The van der Waals surface area contributed by atoms with Crippen LogP contribution in [0.2, 0.25) is 0 Å². The highest BCUT2D eigenvalue weighted by molar-refractivity contribution is 4.99. The van der Waals surface area contributed by atoms with Gasteiger partial charge in [-0.05, 0) is 12.8 Å². The summed E-state index contributed by atoms with van der Waals surface area (Å²) in [6.07, 6.45) is 3.11. The van der Waals surface area contributed by atoms with Gasteiger partial charge in [0.05, 0.1) is 32.0 Å². The molecular formula is C11H18N2O2. The van der Waals surface area contributed by atoms with E-state index in [9.17, 15) is 0 Å². The zero-order valence-corrected chi connectivity index (χ0v) is 9.00. The van der Waals surface area contributed by atoms with Crippen LogP contribution >= 0.6 is 0 Å². The third-order valence-corrected chi connectivity index (χ3v) is 3.13. The Labute approximate surface area is 90.5 Å². The van der Waals surface area contributed by atoms with E-state index in [0.717, 1.165) is 39.1 Å². The topological polar surface area (TPSA) is 54.3 Å². The smallest absolute Gasteiger partial charge is 0.0933 e. The fourth-order valence-electron chi connectivity index (χ4n) is 1.85. The van der Waals surface area contributed by atoms with Gasteiger partial charge in [-0.1, -0.05) is 0 Å². The second-order valence-electron chi connectivity index (χ2n) is 4.55. The second-order valence-corrected chi connectivity index (χ2v) is 4.55. The van der Waals surface area contributed by atoms with Crippen LogP contribution in [0.5, 0.6) is 0 Å². The summed E-state index contributed by atoms with van der Waals surface area (Å²) >= 11 is 0. The Morgan fingerprint density at radius 2 is 2.40 bits per heavy atom. The summed E-state index contributed by atoms with van der Waals surface area (Å²) in [6.45, 7) is 3.97. The highest BCUT2D eigenvalue weighted by atomic mass is 16.5. The molecule has 2 aliphatic rings. The van der Waals surface area contributed by atoms with Gasteiger partial charge in [0.1, 0.15) is 0 Å². The van der Waals surface area contributed by atoms with Crippen molar-refractivity contribution in [2.24, 2.45) is 5.41 Å². The van der Waals surface area contributed by atoms with Crippen molar-refractivity contribution < 1.29 is 9.47 Å². The first-order chi connectivity index (χ1) is 7.35. The van der Waals surface area contributed by atoms with E-state index in [1.165, 1.54) is 0 Å². The molecule has 1 heterocycles. The summed E-state index contributed by atoms with van der Waals surface area (Å²) in [7, 11) is 0. The lowest BCUT2D eigenvalue weighted by molar-refractivity contribution is -0.0401. The first-order valence-electron chi connectivity index (χ1n) is 5.62. The fourth-order valence-corrected chi connectivity index (χ4v) is 1.85. The monoisotopic (exact) mass is 210 g/mol. The first-order valence-corrected chi connectivity index (χ1v) is 5.62. The third kappa shape index (κ3) is 3.16. The molecule has 0 aromatic carbocycles. The van der Waals surface area contributed by atoms with Crippen molar-refractivity contribution in [3.05, 3.63) is 0 Å². The summed E-state index contributed by atoms with van der Waals surface area (Å²) in [4.78, 5) is 0. The second kappa shape index (κ2) is 4.93. The average molecular weight is 210 g/mol.